The molecule has 0 aromatic heterocycles. The molecule has 2 atom stereocenters. The van der Waals surface area contributed by atoms with E-state index in [0.717, 1.165) is 18.0 Å². The number of hydrogen-bond donors (Lipinski definition) is 0. The van der Waals surface area contributed by atoms with E-state index in [4.69, 9.17) is 9.47 Å². The lowest BCUT2D eigenvalue weighted by molar-refractivity contribution is -0.125. The molecule has 1 fully saturated rings. The second-order valence-electron chi connectivity index (χ2n) is 6.47. The molecule has 0 spiro atoms. The molecule has 0 amide bonds. The number of carbonyl (C=O) groups excluding carboxylic acids is 1. The number of hydrogen-bond acceptors (Lipinski definition) is 4. The molecular weight excluding hydrogens is 302 g/mol. The zero-order chi connectivity index (χ0) is 16.7. The topological polar surface area (TPSA) is 38.8 Å². The van der Waals surface area contributed by atoms with Gasteiger partial charge in [0.1, 0.15) is 5.78 Å². The molecule has 0 aliphatic carbocycles. The van der Waals surface area contributed by atoms with Gasteiger partial charge < -0.3 is 9.47 Å². The van der Waals surface area contributed by atoms with E-state index in [2.05, 4.69) is 23.1 Å². The van der Waals surface area contributed by atoms with Gasteiger partial charge in [-0.25, -0.2) is 0 Å². The van der Waals surface area contributed by atoms with Crippen molar-refractivity contribution < 1.29 is 14.3 Å². The van der Waals surface area contributed by atoms with Crippen LogP contribution in [-0.4, -0.2) is 24.9 Å². The van der Waals surface area contributed by atoms with Crippen molar-refractivity contribution in [3.63, 3.8) is 0 Å². The number of nitrogens with zero attached hydrogens (tertiary/aromatic N) is 1. The van der Waals surface area contributed by atoms with Crippen LogP contribution in [0.3, 0.4) is 0 Å². The first-order valence-corrected chi connectivity index (χ1v) is 8.28. The lowest BCUT2D eigenvalue weighted by Crippen LogP contribution is -2.35. The maximum Gasteiger partial charge on any atom is 0.161 e. The molecule has 0 radical (unpaired) electrons. The Morgan fingerprint density at radius 1 is 0.958 bits per heavy atom. The van der Waals surface area contributed by atoms with E-state index in [-0.39, 0.29) is 12.1 Å². The predicted octanol–water partition coefficient (Wildman–Crippen LogP) is 3.66. The Morgan fingerprint density at radius 3 is 2.33 bits per heavy atom. The maximum absolute atomic E-state index is 12.4. The highest BCUT2D eigenvalue weighted by Gasteiger charge is 2.41. The van der Waals surface area contributed by atoms with Gasteiger partial charge in [-0.2, -0.15) is 0 Å². The normalized spacial score (nSPS) is 22.8. The minimum absolute atomic E-state index is 0.131. The minimum Gasteiger partial charge on any atom is -0.493 e. The molecule has 2 aliphatic rings. The Kier molecular flexibility index (Phi) is 3.77. The standard InChI is InChI=1S/C20H21NO3/c1-23-19-8-14-12-21-17(13-6-4-3-5-7-13)9-15(22)10-18(21)16(14)11-20(19)24-2/h3-8,11,17-18H,9-10,12H2,1-2H3/t17-,18-/m1/s1. The third-order valence-electron chi connectivity index (χ3n) is 5.18. The van der Waals surface area contributed by atoms with Gasteiger partial charge in [0.25, 0.3) is 0 Å². The first-order valence-electron chi connectivity index (χ1n) is 8.28. The number of piperidine rings is 1. The number of ether oxygens (including phenoxy) is 2. The van der Waals surface area contributed by atoms with Crippen LogP contribution in [0.4, 0.5) is 0 Å². The number of rotatable bonds is 3. The molecule has 2 aliphatic heterocycles. The zero-order valence-corrected chi connectivity index (χ0v) is 14.0. The fraction of sp³-hybridized carbons (Fsp3) is 0.350. The average molecular weight is 323 g/mol. The van der Waals surface area contributed by atoms with Crippen LogP contribution in [0.25, 0.3) is 0 Å². The van der Waals surface area contributed by atoms with Crippen LogP contribution < -0.4 is 9.47 Å². The predicted molar refractivity (Wildman–Crippen MR) is 91.3 cm³/mol. The van der Waals surface area contributed by atoms with Crippen LogP contribution in [0.2, 0.25) is 0 Å². The summed E-state index contributed by atoms with van der Waals surface area (Å²) in [5.41, 5.74) is 3.64. The molecule has 1 saturated heterocycles. The van der Waals surface area contributed by atoms with Crippen LogP contribution >= 0.6 is 0 Å². The third kappa shape index (κ3) is 2.38. The smallest absolute Gasteiger partial charge is 0.161 e. The van der Waals surface area contributed by atoms with Crippen molar-refractivity contribution >= 4 is 5.78 Å². The van der Waals surface area contributed by atoms with Crippen LogP contribution in [0, 0.1) is 0 Å². The van der Waals surface area contributed by atoms with E-state index in [9.17, 15) is 4.79 Å². The van der Waals surface area contributed by atoms with Crippen LogP contribution in [-0.2, 0) is 11.3 Å². The van der Waals surface area contributed by atoms with E-state index in [0.29, 0.717) is 18.6 Å². The summed E-state index contributed by atoms with van der Waals surface area (Å²) in [4.78, 5) is 14.8. The molecule has 0 bridgehead atoms. The van der Waals surface area contributed by atoms with Crippen molar-refractivity contribution in [1.29, 1.82) is 0 Å². The van der Waals surface area contributed by atoms with Gasteiger partial charge >= 0.3 is 0 Å². The molecule has 2 aromatic rings. The summed E-state index contributed by atoms with van der Waals surface area (Å²) < 4.78 is 10.9. The quantitative estimate of drug-likeness (QED) is 0.864. The summed E-state index contributed by atoms with van der Waals surface area (Å²) in [5, 5.41) is 0. The number of benzene rings is 2. The Bertz CT molecular complexity index is 772. The first kappa shape index (κ1) is 15.2. The molecule has 24 heavy (non-hydrogen) atoms. The average Bonchev–Trinajstić information content (AvgIpc) is 2.97. The molecule has 4 nitrogen and oxygen atoms in total. The van der Waals surface area contributed by atoms with Gasteiger partial charge in [-0.1, -0.05) is 30.3 Å². The van der Waals surface area contributed by atoms with Crippen molar-refractivity contribution in [1.82, 2.24) is 4.90 Å². The first-order chi connectivity index (χ1) is 11.7. The summed E-state index contributed by atoms with van der Waals surface area (Å²) in [7, 11) is 3.30. The van der Waals surface area contributed by atoms with E-state index in [1.807, 2.05) is 24.3 Å². The molecule has 0 N–H and O–H groups in total. The van der Waals surface area contributed by atoms with E-state index in [1.54, 1.807) is 14.2 Å². The van der Waals surface area contributed by atoms with Gasteiger partial charge in [0.15, 0.2) is 11.5 Å². The van der Waals surface area contributed by atoms with Crippen molar-refractivity contribution in [3.05, 3.63) is 59.2 Å². The summed E-state index contributed by atoms with van der Waals surface area (Å²) in [5.74, 6) is 1.80. The molecule has 0 unspecified atom stereocenters. The minimum atomic E-state index is 0.131. The molecule has 2 heterocycles. The number of fused-ring (bicyclic) bond motifs is 3. The monoisotopic (exact) mass is 323 g/mol. The Balaban J connectivity index is 1.75. The Hall–Kier alpha value is -2.33. The summed E-state index contributed by atoms with van der Waals surface area (Å²) in [6, 6.07) is 14.7. The second-order valence-corrected chi connectivity index (χ2v) is 6.47. The second kappa shape index (κ2) is 5.95. The van der Waals surface area contributed by atoms with Gasteiger partial charge in [0.05, 0.1) is 14.2 Å². The van der Waals surface area contributed by atoms with E-state index < -0.39 is 0 Å². The Labute approximate surface area is 142 Å². The summed E-state index contributed by atoms with van der Waals surface area (Å²) in [6.07, 6.45) is 1.16. The van der Waals surface area contributed by atoms with E-state index >= 15 is 0 Å². The molecule has 124 valence electrons. The van der Waals surface area contributed by atoms with Crippen LogP contribution in [0.15, 0.2) is 42.5 Å². The summed E-state index contributed by atoms with van der Waals surface area (Å²) >= 11 is 0. The van der Waals surface area contributed by atoms with Gasteiger partial charge in [-0.05, 0) is 28.8 Å². The fourth-order valence-electron chi connectivity index (χ4n) is 4.04. The fourth-order valence-corrected chi connectivity index (χ4v) is 4.04. The van der Waals surface area contributed by atoms with Gasteiger partial charge in [-0.3, -0.25) is 9.69 Å². The number of Topliss-reactive ketones (excluding diaryl/α,β-unsaturated/α-hetero) is 1. The third-order valence-corrected chi connectivity index (χ3v) is 5.18. The molecule has 4 heteroatoms. The highest BCUT2D eigenvalue weighted by molar-refractivity contribution is 5.81. The van der Waals surface area contributed by atoms with Gasteiger partial charge in [0.2, 0.25) is 0 Å². The molecular formula is C20H21NO3. The molecule has 0 saturated carbocycles. The largest absolute Gasteiger partial charge is 0.493 e. The number of ketones is 1. The zero-order valence-electron chi connectivity index (χ0n) is 14.0. The number of carbonyl (C=O) groups is 1. The molecule has 4 rings (SSSR count). The van der Waals surface area contributed by atoms with Crippen molar-refractivity contribution in [2.45, 2.75) is 31.5 Å². The van der Waals surface area contributed by atoms with Gasteiger partial charge in [-0.15, -0.1) is 0 Å². The Morgan fingerprint density at radius 2 is 1.62 bits per heavy atom. The lowest BCUT2D eigenvalue weighted by Gasteiger charge is -2.37. The van der Waals surface area contributed by atoms with Crippen LogP contribution in [0.5, 0.6) is 11.5 Å². The van der Waals surface area contributed by atoms with Crippen molar-refractivity contribution in [3.8, 4) is 11.5 Å². The number of methoxy groups -OCH3 is 2. The van der Waals surface area contributed by atoms with Crippen LogP contribution in [0.1, 0.15) is 41.6 Å². The lowest BCUT2D eigenvalue weighted by atomic mass is 9.89. The van der Waals surface area contributed by atoms with Gasteiger partial charge in [0, 0.05) is 31.5 Å². The van der Waals surface area contributed by atoms with E-state index in [1.165, 1.54) is 16.7 Å². The van der Waals surface area contributed by atoms with Crippen molar-refractivity contribution in [2.75, 3.05) is 14.2 Å². The summed E-state index contributed by atoms with van der Waals surface area (Å²) in [6.45, 7) is 0.840. The molecule has 2 aromatic carbocycles. The highest BCUT2D eigenvalue weighted by Crippen LogP contribution is 2.49. The highest BCUT2D eigenvalue weighted by atomic mass is 16.5. The van der Waals surface area contributed by atoms with Crippen molar-refractivity contribution in [2.24, 2.45) is 0 Å². The maximum atomic E-state index is 12.4. The SMILES string of the molecule is COc1cc2c(cc1OC)[C@H]1CC(=O)C[C@H](c3ccccc3)N1C2.